The van der Waals surface area contributed by atoms with Crippen LogP contribution < -0.4 is 11.1 Å². The quantitative estimate of drug-likeness (QED) is 0.564. The standard InChI is InChI=1S/C7H18N2S/c1-7(6-10-2)9-5-3-4-8/h7,9H,3-6,8H2,1-2H3. The number of thioether (sulfide) groups is 1. The summed E-state index contributed by atoms with van der Waals surface area (Å²) in [5.74, 6) is 1.19. The first kappa shape index (κ1) is 10.3. The molecule has 2 nitrogen and oxygen atoms in total. The molecule has 0 radical (unpaired) electrons. The molecule has 0 aliphatic carbocycles. The fourth-order valence-electron chi connectivity index (χ4n) is 0.759. The van der Waals surface area contributed by atoms with Crippen LogP contribution in [-0.2, 0) is 0 Å². The lowest BCUT2D eigenvalue weighted by Gasteiger charge is -2.10. The molecule has 10 heavy (non-hydrogen) atoms. The molecule has 0 aromatic heterocycles. The van der Waals surface area contributed by atoms with Gasteiger partial charge < -0.3 is 11.1 Å². The van der Waals surface area contributed by atoms with Gasteiger partial charge in [-0.1, -0.05) is 0 Å². The van der Waals surface area contributed by atoms with Crippen molar-refractivity contribution in [3.05, 3.63) is 0 Å². The Morgan fingerprint density at radius 2 is 2.30 bits per heavy atom. The van der Waals surface area contributed by atoms with E-state index < -0.39 is 0 Å². The Hall–Kier alpha value is 0.270. The summed E-state index contributed by atoms with van der Waals surface area (Å²) in [4.78, 5) is 0. The van der Waals surface area contributed by atoms with Gasteiger partial charge in [0.2, 0.25) is 0 Å². The van der Waals surface area contributed by atoms with Crippen LogP contribution in [0.1, 0.15) is 13.3 Å². The van der Waals surface area contributed by atoms with Crippen molar-refractivity contribution in [3.8, 4) is 0 Å². The smallest absolute Gasteiger partial charge is 0.0129 e. The van der Waals surface area contributed by atoms with E-state index in [4.69, 9.17) is 5.73 Å². The van der Waals surface area contributed by atoms with Gasteiger partial charge in [0.05, 0.1) is 0 Å². The summed E-state index contributed by atoms with van der Waals surface area (Å²) in [7, 11) is 0. The highest BCUT2D eigenvalue weighted by atomic mass is 32.2. The minimum absolute atomic E-state index is 0.626. The molecule has 1 unspecified atom stereocenters. The summed E-state index contributed by atoms with van der Waals surface area (Å²) >= 11 is 1.87. The summed E-state index contributed by atoms with van der Waals surface area (Å²) in [5, 5.41) is 3.38. The number of rotatable bonds is 6. The van der Waals surface area contributed by atoms with Gasteiger partial charge in [0.25, 0.3) is 0 Å². The van der Waals surface area contributed by atoms with Crippen molar-refractivity contribution in [2.24, 2.45) is 5.73 Å². The maximum absolute atomic E-state index is 5.34. The second kappa shape index (κ2) is 7.38. The van der Waals surface area contributed by atoms with E-state index in [-0.39, 0.29) is 0 Å². The van der Waals surface area contributed by atoms with E-state index in [1.807, 2.05) is 11.8 Å². The maximum Gasteiger partial charge on any atom is 0.0129 e. The molecule has 0 aliphatic heterocycles. The van der Waals surface area contributed by atoms with E-state index in [1.54, 1.807) is 0 Å². The lowest BCUT2D eigenvalue weighted by molar-refractivity contribution is 0.580. The number of hydrogen-bond acceptors (Lipinski definition) is 3. The zero-order valence-corrected chi connectivity index (χ0v) is 7.71. The molecule has 0 bridgehead atoms. The Kier molecular flexibility index (Phi) is 7.58. The first-order valence-corrected chi connectivity index (χ1v) is 5.13. The molecule has 0 saturated heterocycles. The molecule has 0 rings (SSSR count). The van der Waals surface area contributed by atoms with Gasteiger partial charge >= 0.3 is 0 Å². The van der Waals surface area contributed by atoms with E-state index in [9.17, 15) is 0 Å². The molecule has 0 saturated carbocycles. The van der Waals surface area contributed by atoms with Crippen LogP contribution in [0.5, 0.6) is 0 Å². The molecule has 3 heteroatoms. The first-order valence-electron chi connectivity index (χ1n) is 3.73. The Bertz CT molecular complexity index is 68.6. The van der Waals surface area contributed by atoms with Crippen LogP contribution in [0.15, 0.2) is 0 Å². The van der Waals surface area contributed by atoms with Crippen LogP contribution in [0, 0.1) is 0 Å². The second-order valence-corrected chi connectivity index (χ2v) is 3.36. The van der Waals surface area contributed by atoms with Gasteiger partial charge in [-0.15, -0.1) is 0 Å². The van der Waals surface area contributed by atoms with Gasteiger partial charge in [0, 0.05) is 11.8 Å². The summed E-state index contributed by atoms with van der Waals surface area (Å²) in [6.07, 6.45) is 3.21. The molecule has 0 heterocycles. The van der Waals surface area contributed by atoms with Gasteiger partial charge in [-0.2, -0.15) is 11.8 Å². The average molecular weight is 162 g/mol. The normalized spacial score (nSPS) is 13.5. The fraction of sp³-hybridized carbons (Fsp3) is 1.00. The van der Waals surface area contributed by atoms with Gasteiger partial charge in [-0.05, 0) is 32.7 Å². The molecule has 0 aliphatic rings. The SMILES string of the molecule is CSCC(C)NCCCN. The third-order valence-electron chi connectivity index (χ3n) is 1.29. The van der Waals surface area contributed by atoms with Crippen molar-refractivity contribution in [1.29, 1.82) is 0 Å². The number of hydrogen-bond donors (Lipinski definition) is 2. The highest BCUT2D eigenvalue weighted by molar-refractivity contribution is 7.98. The summed E-state index contributed by atoms with van der Waals surface area (Å²) in [6.45, 7) is 4.05. The highest BCUT2D eigenvalue weighted by Crippen LogP contribution is 1.95. The minimum atomic E-state index is 0.626. The van der Waals surface area contributed by atoms with Crippen molar-refractivity contribution in [2.45, 2.75) is 19.4 Å². The molecule has 0 aromatic carbocycles. The van der Waals surface area contributed by atoms with E-state index in [1.165, 1.54) is 5.75 Å². The molecule has 62 valence electrons. The van der Waals surface area contributed by atoms with Gasteiger partial charge in [0.15, 0.2) is 0 Å². The van der Waals surface area contributed by atoms with Gasteiger partial charge in [0.1, 0.15) is 0 Å². The van der Waals surface area contributed by atoms with E-state index in [0.717, 1.165) is 19.5 Å². The molecular weight excluding hydrogens is 144 g/mol. The zero-order valence-electron chi connectivity index (χ0n) is 6.89. The van der Waals surface area contributed by atoms with Crippen LogP contribution in [0.3, 0.4) is 0 Å². The summed E-state index contributed by atoms with van der Waals surface area (Å²) in [6, 6.07) is 0.626. The van der Waals surface area contributed by atoms with Crippen LogP contribution in [-0.4, -0.2) is 31.1 Å². The van der Waals surface area contributed by atoms with E-state index in [2.05, 4.69) is 18.5 Å². The molecule has 0 fully saturated rings. The lowest BCUT2D eigenvalue weighted by Crippen LogP contribution is -2.30. The summed E-state index contributed by atoms with van der Waals surface area (Å²) < 4.78 is 0. The second-order valence-electron chi connectivity index (χ2n) is 2.45. The molecule has 0 spiro atoms. The lowest BCUT2D eigenvalue weighted by atomic mass is 10.3. The third kappa shape index (κ3) is 6.39. The van der Waals surface area contributed by atoms with E-state index in [0.29, 0.717) is 6.04 Å². The Morgan fingerprint density at radius 3 is 2.80 bits per heavy atom. The fourth-order valence-corrected chi connectivity index (χ4v) is 1.38. The monoisotopic (exact) mass is 162 g/mol. The zero-order chi connectivity index (χ0) is 7.82. The van der Waals surface area contributed by atoms with E-state index >= 15 is 0 Å². The molecule has 1 atom stereocenters. The van der Waals surface area contributed by atoms with Gasteiger partial charge in [-0.25, -0.2) is 0 Å². The van der Waals surface area contributed by atoms with Crippen molar-refractivity contribution >= 4 is 11.8 Å². The topological polar surface area (TPSA) is 38.0 Å². The first-order chi connectivity index (χ1) is 4.81. The van der Waals surface area contributed by atoms with Gasteiger partial charge in [-0.3, -0.25) is 0 Å². The van der Waals surface area contributed by atoms with Crippen molar-refractivity contribution in [3.63, 3.8) is 0 Å². The maximum atomic E-state index is 5.34. The van der Waals surface area contributed by atoms with Crippen molar-refractivity contribution in [2.75, 3.05) is 25.1 Å². The molecule has 0 aromatic rings. The summed E-state index contributed by atoms with van der Waals surface area (Å²) in [5.41, 5.74) is 5.34. The molecule has 3 N–H and O–H groups in total. The highest BCUT2D eigenvalue weighted by Gasteiger charge is 1.96. The molecular formula is C7H18N2S. The minimum Gasteiger partial charge on any atom is -0.330 e. The average Bonchev–Trinajstić information content (AvgIpc) is 1.89. The van der Waals surface area contributed by atoms with Crippen molar-refractivity contribution in [1.82, 2.24) is 5.32 Å². The number of nitrogens with two attached hydrogens (primary N) is 1. The van der Waals surface area contributed by atoms with Crippen molar-refractivity contribution < 1.29 is 0 Å². The Morgan fingerprint density at radius 1 is 1.60 bits per heavy atom. The van der Waals surface area contributed by atoms with Crippen LogP contribution in [0.25, 0.3) is 0 Å². The number of nitrogens with one attached hydrogen (secondary N) is 1. The van der Waals surface area contributed by atoms with Crippen LogP contribution in [0.2, 0.25) is 0 Å². The molecule has 0 amide bonds. The largest absolute Gasteiger partial charge is 0.330 e. The Labute approximate surface area is 67.9 Å². The predicted octanol–water partition coefficient (Wildman–Crippen LogP) is 0.676. The van der Waals surface area contributed by atoms with Crippen LogP contribution >= 0.6 is 11.8 Å². The van der Waals surface area contributed by atoms with Crippen LogP contribution in [0.4, 0.5) is 0 Å². The third-order valence-corrected chi connectivity index (χ3v) is 2.12. The Balaban J connectivity index is 2.97. The predicted molar refractivity (Wildman–Crippen MR) is 49.5 cm³/mol.